The molecule has 18 heavy (non-hydrogen) atoms. The van der Waals surface area contributed by atoms with Crippen LogP contribution in [0.2, 0.25) is 0 Å². The SMILES string of the molecule is CCNc1ccc(C(=O)N(C)C(CC)CC)nc1. The van der Waals surface area contributed by atoms with E-state index in [1.807, 2.05) is 20.0 Å². The Kier molecular flexibility index (Phi) is 5.62. The molecule has 1 amide bonds. The van der Waals surface area contributed by atoms with Crippen LogP contribution in [0.3, 0.4) is 0 Å². The highest BCUT2D eigenvalue weighted by Gasteiger charge is 2.19. The quantitative estimate of drug-likeness (QED) is 0.843. The van der Waals surface area contributed by atoms with Crippen LogP contribution < -0.4 is 5.32 Å². The minimum atomic E-state index is -0.00764. The number of amides is 1. The van der Waals surface area contributed by atoms with Crippen molar-refractivity contribution in [2.75, 3.05) is 18.9 Å². The number of pyridine rings is 1. The molecule has 0 aliphatic heterocycles. The van der Waals surface area contributed by atoms with Crippen LogP contribution >= 0.6 is 0 Å². The van der Waals surface area contributed by atoms with Crippen molar-refractivity contribution in [2.24, 2.45) is 0 Å². The topological polar surface area (TPSA) is 45.2 Å². The van der Waals surface area contributed by atoms with Gasteiger partial charge < -0.3 is 10.2 Å². The summed E-state index contributed by atoms with van der Waals surface area (Å²) in [5, 5.41) is 3.16. The Balaban J connectivity index is 2.77. The molecule has 1 aromatic rings. The lowest BCUT2D eigenvalue weighted by Crippen LogP contribution is -2.36. The molecule has 0 aromatic carbocycles. The third-order valence-electron chi connectivity index (χ3n) is 3.17. The third kappa shape index (κ3) is 3.45. The molecule has 0 aliphatic rings. The summed E-state index contributed by atoms with van der Waals surface area (Å²) in [7, 11) is 1.85. The zero-order valence-electron chi connectivity index (χ0n) is 11.7. The van der Waals surface area contributed by atoms with Gasteiger partial charge in [0.2, 0.25) is 0 Å². The molecule has 0 unspecified atom stereocenters. The number of carbonyl (C=O) groups excluding carboxylic acids is 1. The lowest BCUT2D eigenvalue weighted by molar-refractivity contribution is 0.0718. The van der Waals surface area contributed by atoms with E-state index >= 15 is 0 Å². The van der Waals surface area contributed by atoms with Crippen LogP contribution in [0.25, 0.3) is 0 Å². The number of hydrogen-bond donors (Lipinski definition) is 1. The Bertz CT molecular complexity index is 371. The summed E-state index contributed by atoms with van der Waals surface area (Å²) >= 11 is 0. The van der Waals surface area contributed by atoms with Crippen molar-refractivity contribution in [3.05, 3.63) is 24.0 Å². The fourth-order valence-corrected chi connectivity index (χ4v) is 2.01. The van der Waals surface area contributed by atoms with Crippen molar-refractivity contribution in [1.29, 1.82) is 0 Å². The average Bonchev–Trinajstić information content (AvgIpc) is 2.40. The first-order chi connectivity index (χ1) is 8.63. The second-order valence-corrected chi connectivity index (χ2v) is 4.35. The van der Waals surface area contributed by atoms with E-state index in [0.29, 0.717) is 5.69 Å². The number of nitrogens with one attached hydrogen (secondary N) is 1. The van der Waals surface area contributed by atoms with Gasteiger partial charge in [0.25, 0.3) is 5.91 Å². The van der Waals surface area contributed by atoms with Gasteiger partial charge in [0, 0.05) is 19.6 Å². The Morgan fingerprint density at radius 3 is 2.44 bits per heavy atom. The van der Waals surface area contributed by atoms with E-state index in [0.717, 1.165) is 25.1 Å². The second-order valence-electron chi connectivity index (χ2n) is 4.35. The van der Waals surface area contributed by atoms with Crippen LogP contribution in [0.15, 0.2) is 18.3 Å². The van der Waals surface area contributed by atoms with Crippen LogP contribution in [0.5, 0.6) is 0 Å². The van der Waals surface area contributed by atoms with Crippen LogP contribution in [0.4, 0.5) is 5.69 Å². The first-order valence-corrected chi connectivity index (χ1v) is 6.61. The van der Waals surface area contributed by atoms with Crippen LogP contribution in [0.1, 0.15) is 44.1 Å². The number of carbonyl (C=O) groups is 1. The summed E-state index contributed by atoms with van der Waals surface area (Å²) in [6.45, 7) is 7.07. The fourth-order valence-electron chi connectivity index (χ4n) is 2.01. The number of anilines is 1. The maximum atomic E-state index is 12.2. The molecule has 0 fully saturated rings. The van der Waals surface area contributed by atoms with Crippen molar-refractivity contribution >= 4 is 11.6 Å². The predicted molar refractivity (Wildman–Crippen MR) is 74.9 cm³/mol. The highest BCUT2D eigenvalue weighted by molar-refractivity contribution is 5.92. The van der Waals surface area contributed by atoms with Gasteiger partial charge in [-0.15, -0.1) is 0 Å². The monoisotopic (exact) mass is 249 g/mol. The molecular weight excluding hydrogens is 226 g/mol. The summed E-state index contributed by atoms with van der Waals surface area (Å²) in [6, 6.07) is 3.96. The number of aromatic nitrogens is 1. The van der Waals surface area contributed by atoms with Gasteiger partial charge in [-0.1, -0.05) is 13.8 Å². The molecule has 0 radical (unpaired) electrons. The summed E-state index contributed by atoms with van der Waals surface area (Å²) in [5.74, 6) is -0.00764. The summed E-state index contributed by atoms with van der Waals surface area (Å²) < 4.78 is 0. The van der Waals surface area contributed by atoms with Crippen LogP contribution in [-0.2, 0) is 0 Å². The molecule has 0 bridgehead atoms. The van der Waals surface area contributed by atoms with Gasteiger partial charge in [0.1, 0.15) is 5.69 Å². The van der Waals surface area contributed by atoms with Gasteiger partial charge in [-0.3, -0.25) is 4.79 Å². The summed E-state index contributed by atoms with van der Waals surface area (Å²) in [4.78, 5) is 18.2. The lowest BCUT2D eigenvalue weighted by atomic mass is 10.1. The van der Waals surface area contributed by atoms with Crippen molar-refractivity contribution in [1.82, 2.24) is 9.88 Å². The Morgan fingerprint density at radius 1 is 1.33 bits per heavy atom. The highest BCUT2D eigenvalue weighted by Crippen LogP contribution is 2.12. The molecule has 1 rings (SSSR count). The Morgan fingerprint density at radius 2 is 2.00 bits per heavy atom. The number of hydrogen-bond acceptors (Lipinski definition) is 3. The molecule has 0 atom stereocenters. The van der Waals surface area contributed by atoms with Gasteiger partial charge in [-0.05, 0) is 31.9 Å². The highest BCUT2D eigenvalue weighted by atomic mass is 16.2. The van der Waals surface area contributed by atoms with Crippen molar-refractivity contribution in [3.8, 4) is 0 Å². The Hall–Kier alpha value is -1.58. The van der Waals surface area contributed by atoms with E-state index in [4.69, 9.17) is 0 Å². The maximum Gasteiger partial charge on any atom is 0.272 e. The summed E-state index contributed by atoms with van der Waals surface area (Å²) in [5.41, 5.74) is 1.45. The minimum Gasteiger partial charge on any atom is -0.384 e. The minimum absolute atomic E-state index is 0.00764. The van der Waals surface area contributed by atoms with Crippen molar-refractivity contribution < 1.29 is 4.79 Å². The molecule has 0 aliphatic carbocycles. The maximum absolute atomic E-state index is 12.2. The largest absolute Gasteiger partial charge is 0.384 e. The molecule has 1 N–H and O–H groups in total. The van der Waals surface area contributed by atoms with E-state index < -0.39 is 0 Å². The van der Waals surface area contributed by atoms with Crippen molar-refractivity contribution in [2.45, 2.75) is 39.7 Å². The van der Waals surface area contributed by atoms with E-state index in [1.165, 1.54) is 0 Å². The zero-order chi connectivity index (χ0) is 13.5. The second kappa shape index (κ2) is 6.99. The van der Waals surface area contributed by atoms with E-state index in [-0.39, 0.29) is 11.9 Å². The fraction of sp³-hybridized carbons (Fsp3) is 0.571. The molecule has 0 saturated heterocycles. The molecule has 0 spiro atoms. The first kappa shape index (κ1) is 14.5. The lowest BCUT2D eigenvalue weighted by Gasteiger charge is -2.25. The molecule has 100 valence electrons. The van der Waals surface area contributed by atoms with E-state index in [9.17, 15) is 4.79 Å². The smallest absolute Gasteiger partial charge is 0.272 e. The normalized spacial score (nSPS) is 10.5. The molecule has 1 aromatic heterocycles. The molecule has 4 heteroatoms. The van der Waals surface area contributed by atoms with Crippen molar-refractivity contribution in [3.63, 3.8) is 0 Å². The van der Waals surface area contributed by atoms with Gasteiger partial charge in [0.15, 0.2) is 0 Å². The van der Waals surface area contributed by atoms with Gasteiger partial charge in [-0.25, -0.2) is 4.98 Å². The van der Waals surface area contributed by atoms with Gasteiger partial charge >= 0.3 is 0 Å². The third-order valence-corrected chi connectivity index (χ3v) is 3.17. The predicted octanol–water partition coefficient (Wildman–Crippen LogP) is 2.77. The standard InChI is InChI=1S/C14H23N3O/c1-5-12(6-2)17(4)14(18)13-9-8-11(10-16-13)15-7-3/h8-10,12,15H,5-7H2,1-4H3. The number of rotatable bonds is 6. The molecule has 4 nitrogen and oxygen atoms in total. The zero-order valence-corrected chi connectivity index (χ0v) is 11.7. The van der Waals surface area contributed by atoms with E-state index in [2.05, 4.69) is 24.1 Å². The van der Waals surface area contributed by atoms with Gasteiger partial charge in [-0.2, -0.15) is 0 Å². The molecular formula is C14H23N3O. The van der Waals surface area contributed by atoms with Gasteiger partial charge in [0.05, 0.1) is 11.9 Å². The van der Waals surface area contributed by atoms with E-state index in [1.54, 1.807) is 17.2 Å². The summed E-state index contributed by atoms with van der Waals surface area (Å²) in [6.07, 6.45) is 3.64. The average molecular weight is 249 g/mol. The molecule has 1 heterocycles. The number of nitrogens with zero attached hydrogens (tertiary/aromatic N) is 2. The molecule has 0 saturated carbocycles. The Labute approximate surface area is 109 Å². The van der Waals surface area contributed by atoms with Crippen LogP contribution in [-0.4, -0.2) is 35.4 Å². The first-order valence-electron chi connectivity index (χ1n) is 6.61. The van der Waals surface area contributed by atoms with Crippen LogP contribution in [0, 0.1) is 0 Å².